The summed E-state index contributed by atoms with van der Waals surface area (Å²) < 4.78 is 32.4. The summed E-state index contributed by atoms with van der Waals surface area (Å²) in [7, 11) is -4.75. The number of carboxylic acids is 1. The van der Waals surface area contributed by atoms with Crippen LogP contribution in [0.5, 0.6) is 0 Å². The first kappa shape index (κ1) is 53.2. The van der Waals surface area contributed by atoms with E-state index in [9.17, 15) is 23.8 Å². The Bertz CT molecular complexity index is 1180. The summed E-state index contributed by atoms with van der Waals surface area (Å²) in [5.41, 5.74) is 5.32. The molecule has 3 atom stereocenters. The van der Waals surface area contributed by atoms with Gasteiger partial charge in [0.1, 0.15) is 12.6 Å². The van der Waals surface area contributed by atoms with E-state index in [2.05, 4.69) is 42.7 Å². The lowest BCUT2D eigenvalue weighted by atomic mass is 10.1. The van der Waals surface area contributed by atoms with Gasteiger partial charge < -0.3 is 25.2 Å². The van der Waals surface area contributed by atoms with Gasteiger partial charge in [-0.2, -0.15) is 0 Å². The Labute approximate surface area is 338 Å². The van der Waals surface area contributed by atoms with Crippen molar-refractivity contribution < 1.29 is 47.5 Å². The summed E-state index contributed by atoms with van der Waals surface area (Å²) in [6, 6.07) is -1.54. The Morgan fingerprint density at radius 2 is 1.07 bits per heavy atom. The predicted molar refractivity (Wildman–Crippen MR) is 226 cm³/mol. The van der Waals surface area contributed by atoms with Crippen LogP contribution < -0.4 is 5.73 Å². The number of carbonyl (C=O) groups excluding carboxylic acids is 2. The summed E-state index contributed by atoms with van der Waals surface area (Å²) >= 11 is 0. The molecule has 0 aromatic heterocycles. The van der Waals surface area contributed by atoms with Crippen molar-refractivity contribution in [3.8, 4) is 0 Å². The van der Waals surface area contributed by atoms with Crippen molar-refractivity contribution in [1.29, 1.82) is 0 Å². The summed E-state index contributed by atoms with van der Waals surface area (Å²) in [6.45, 7) is 2.61. The van der Waals surface area contributed by atoms with Crippen molar-refractivity contribution in [2.24, 2.45) is 5.73 Å². The summed E-state index contributed by atoms with van der Waals surface area (Å²) in [5, 5.41) is 8.87. The van der Waals surface area contributed by atoms with Gasteiger partial charge in [0.2, 0.25) is 0 Å². The van der Waals surface area contributed by atoms with Gasteiger partial charge in [-0.25, -0.2) is 9.36 Å². The Morgan fingerprint density at radius 3 is 1.61 bits per heavy atom. The summed E-state index contributed by atoms with van der Waals surface area (Å²) in [4.78, 5) is 45.7. The molecule has 56 heavy (non-hydrogen) atoms. The average Bonchev–Trinajstić information content (AvgIpc) is 3.17. The van der Waals surface area contributed by atoms with Crippen LogP contribution in [-0.4, -0.2) is 59.9 Å². The fourth-order valence-corrected chi connectivity index (χ4v) is 6.24. The molecule has 1 unspecified atom stereocenters. The maximum absolute atomic E-state index is 12.6. The molecule has 0 saturated heterocycles. The monoisotopic (exact) mass is 810 g/mol. The van der Waals surface area contributed by atoms with Crippen LogP contribution in [-0.2, 0) is 37.5 Å². The van der Waals surface area contributed by atoms with Gasteiger partial charge in [0.25, 0.3) is 0 Å². The minimum absolute atomic E-state index is 0.0681. The molecule has 11 nitrogen and oxygen atoms in total. The smallest absolute Gasteiger partial charge is 0.472 e. The zero-order valence-electron chi connectivity index (χ0n) is 34.7. The second kappa shape index (κ2) is 39.0. The lowest BCUT2D eigenvalue weighted by Gasteiger charge is -2.20. The van der Waals surface area contributed by atoms with E-state index in [0.717, 1.165) is 32.1 Å². The van der Waals surface area contributed by atoms with Crippen molar-refractivity contribution in [3.05, 3.63) is 60.8 Å². The van der Waals surface area contributed by atoms with Gasteiger partial charge in [0.05, 0.1) is 13.2 Å². The number of ether oxygens (including phenoxy) is 2. The molecule has 0 amide bonds. The number of aliphatic carboxylic acids is 1. The van der Waals surface area contributed by atoms with Crippen molar-refractivity contribution in [2.45, 2.75) is 180 Å². The first-order valence-electron chi connectivity index (χ1n) is 21.4. The second-order valence-corrected chi connectivity index (χ2v) is 15.6. The Kier molecular flexibility index (Phi) is 37.1. The number of rotatable bonds is 39. The SMILES string of the molecule is CCCCCCCC/C=C/C/C=C/C/C=C/CCCC(=O)O[C@H](COC(=O)/C=C/C=C/CCCCCCCCCCCCC)COP(=O)(O)OC[C@H](N)C(=O)O. The number of nitrogens with two attached hydrogens (primary N) is 1. The number of hydrogen-bond acceptors (Lipinski definition) is 9. The number of phosphoric acid groups is 1. The molecule has 322 valence electrons. The third kappa shape index (κ3) is 38.1. The topological polar surface area (TPSA) is 172 Å². The number of carbonyl (C=O) groups is 3. The van der Waals surface area contributed by atoms with E-state index in [0.29, 0.717) is 12.8 Å². The van der Waals surface area contributed by atoms with Crippen molar-refractivity contribution in [1.82, 2.24) is 0 Å². The molecule has 0 aromatic carbocycles. The largest absolute Gasteiger partial charge is 0.480 e. The van der Waals surface area contributed by atoms with Gasteiger partial charge in [-0.3, -0.25) is 18.6 Å². The molecule has 0 aromatic rings. The number of hydrogen-bond donors (Lipinski definition) is 3. The van der Waals surface area contributed by atoms with E-state index >= 15 is 0 Å². The van der Waals surface area contributed by atoms with Crippen molar-refractivity contribution in [3.63, 3.8) is 0 Å². The van der Waals surface area contributed by atoms with E-state index in [4.69, 9.17) is 24.8 Å². The first-order chi connectivity index (χ1) is 27.1. The van der Waals surface area contributed by atoms with Crippen LogP contribution in [0.3, 0.4) is 0 Å². The van der Waals surface area contributed by atoms with Crippen LogP contribution in [0.15, 0.2) is 60.8 Å². The number of phosphoric ester groups is 1. The molecule has 0 radical (unpaired) electrons. The van der Waals surface area contributed by atoms with Crippen molar-refractivity contribution in [2.75, 3.05) is 19.8 Å². The highest BCUT2D eigenvalue weighted by Crippen LogP contribution is 2.43. The van der Waals surface area contributed by atoms with Crippen LogP contribution in [0, 0.1) is 0 Å². The van der Waals surface area contributed by atoms with E-state index < -0.39 is 57.7 Å². The first-order valence-corrected chi connectivity index (χ1v) is 22.9. The molecule has 0 aliphatic rings. The van der Waals surface area contributed by atoms with Gasteiger partial charge in [-0.15, -0.1) is 0 Å². The van der Waals surface area contributed by atoms with E-state index in [1.165, 1.54) is 109 Å². The fraction of sp³-hybridized carbons (Fsp3) is 0.705. The Hall–Kier alpha value is -2.82. The molecule has 0 aliphatic heterocycles. The van der Waals surface area contributed by atoms with Gasteiger partial charge >= 0.3 is 25.7 Å². The highest BCUT2D eigenvalue weighted by atomic mass is 31.2. The molecule has 0 spiro atoms. The maximum Gasteiger partial charge on any atom is 0.472 e. The Balaban J connectivity index is 4.57. The predicted octanol–water partition coefficient (Wildman–Crippen LogP) is 11.2. The molecule has 0 fully saturated rings. The normalized spacial score (nSPS) is 14.4. The lowest BCUT2D eigenvalue weighted by Crippen LogP contribution is -2.34. The van der Waals surface area contributed by atoms with Crippen LogP contribution in [0.25, 0.3) is 0 Å². The zero-order chi connectivity index (χ0) is 41.4. The van der Waals surface area contributed by atoms with E-state index in [1.54, 1.807) is 12.2 Å². The molecule has 0 saturated carbocycles. The molecule has 0 bridgehead atoms. The lowest BCUT2D eigenvalue weighted by molar-refractivity contribution is -0.159. The molecule has 0 heterocycles. The van der Waals surface area contributed by atoms with E-state index in [-0.39, 0.29) is 6.42 Å². The summed E-state index contributed by atoms with van der Waals surface area (Å²) in [6.07, 6.45) is 45.0. The highest BCUT2D eigenvalue weighted by Gasteiger charge is 2.28. The van der Waals surface area contributed by atoms with Gasteiger partial charge in [0, 0.05) is 12.5 Å². The number of esters is 2. The number of carboxylic acid groups (broad SMARTS) is 1. The highest BCUT2D eigenvalue weighted by molar-refractivity contribution is 7.47. The van der Waals surface area contributed by atoms with Crippen LogP contribution in [0.2, 0.25) is 0 Å². The second-order valence-electron chi connectivity index (χ2n) is 14.2. The maximum atomic E-state index is 12.6. The molecule has 0 rings (SSSR count). The number of allylic oxidation sites excluding steroid dienone is 9. The standard InChI is InChI=1S/C44H76NO10P/c1-3-5-7-9-11-13-15-17-19-20-22-24-26-28-30-32-34-36-43(47)55-40(38-53-56(50,51)54-39-41(45)44(48)49)37-52-42(46)35-33-31-29-27-25-23-21-18-16-14-12-10-8-6-4-2/h17,19,22,24,28-31,33,35,40-41H,3-16,18,20-21,23,25-27,32,34,36-39,45H2,1-2H3,(H,48,49)(H,50,51)/b19-17+,24-22+,30-28+,31-29+,35-33+/t40-,41+/m1/s1. The van der Waals surface area contributed by atoms with Gasteiger partial charge in [-0.1, -0.05) is 165 Å². The van der Waals surface area contributed by atoms with Crippen LogP contribution in [0.1, 0.15) is 168 Å². The molecular weight excluding hydrogens is 733 g/mol. The number of unbranched alkanes of at least 4 members (excludes halogenated alkanes) is 18. The average molecular weight is 810 g/mol. The third-order valence-corrected chi connectivity index (χ3v) is 9.79. The zero-order valence-corrected chi connectivity index (χ0v) is 35.6. The van der Waals surface area contributed by atoms with Gasteiger partial charge in [0.15, 0.2) is 6.10 Å². The van der Waals surface area contributed by atoms with Gasteiger partial charge in [-0.05, 0) is 51.4 Å². The van der Waals surface area contributed by atoms with Crippen LogP contribution >= 0.6 is 7.82 Å². The minimum Gasteiger partial charge on any atom is -0.480 e. The quantitative estimate of drug-likeness (QED) is 0.0135. The fourth-order valence-electron chi connectivity index (χ4n) is 5.46. The van der Waals surface area contributed by atoms with Crippen molar-refractivity contribution >= 4 is 25.7 Å². The van der Waals surface area contributed by atoms with E-state index in [1.807, 2.05) is 18.2 Å². The molecule has 12 heteroatoms. The minimum atomic E-state index is -4.75. The molecule has 0 aliphatic carbocycles. The van der Waals surface area contributed by atoms with Crippen LogP contribution in [0.4, 0.5) is 0 Å². The molecular formula is C44H76NO10P. The summed E-state index contributed by atoms with van der Waals surface area (Å²) in [5.74, 6) is -2.71. The Morgan fingerprint density at radius 1 is 0.607 bits per heavy atom. The third-order valence-electron chi connectivity index (χ3n) is 8.84. The molecule has 4 N–H and O–H groups in total.